The largest absolute Gasteiger partial charge is 0.423 e. The topological polar surface area (TPSA) is 80.3 Å². The molecule has 190 valence electrons. The van der Waals surface area contributed by atoms with Gasteiger partial charge in [0.05, 0.1) is 29.7 Å². The number of carbonyl (C=O) groups excluding carboxylic acids is 1. The summed E-state index contributed by atoms with van der Waals surface area (Å²) in [5, 5.41) is 8.34. The lowest BCUT2D eigenvalue weighted by Crippen LogP contribution is -2.65. The first kappa shape index (κ1) is 23.3. The Morgan fingerprint density at radius 1 is 1.11 bits per heavy atom. The van der Waals surface area contributed by atoms with Gasteiger partial charge >= 0.3 is 0 Å². The van der Waals surface area contributed by atoms with Crippen LogP contribution in [0, 0.1) is 18.7 Å². The standard InChI is InChI=1S/C26H23F3N6O2/c1-15-5-6-20(35-30-8-9-31-35)19(11-15)25(36)33-10-7-17-13-34(21(17)14-33)26-32-22(24(28)29)23(37-26)16-3-2-4-18(27)12-16/h2-6,8-9,11-12,17,21,24H,7,10,13-14H2,1H3/t17-,21-/m0/s1. The van der Waals surface area contributed by atoms with Crippen LogP contribution in [0.4, 0.5) is 19.2 Å². The van der Waals surface area contributed by atoms with Gasteiger partial charge in [-0.25, -0.2) is 13.2 Å². The summed E-state index contributed by atoms with van der Waals surface area (Å²) >= 11 is 0. The van der Waals surface area contributed by atoms with Crippen molar-refractivity contribution in [2.45, 2.75) is 25.8 Å². The molecule has 2 saturated heterocycles. The smallest absolute Gasteiger partial charge is 0.298 e. The highest BCUT2D eigenvalue weighted by atomic mass is 19.3. The monoisotopic (exact) mass is 508 g/mol. The summed E-state index contributed by atoms with van der Waals surface area (Å²) in [6.07, 6.45) is 0.989. The maximum Gasteiger partial charge on any atom is 0.298 e. The van der Waals surface area contributed by atoms with Gasteiger partial charge in [-0.05, 0) is 37.6 Å². The molecule has 2 aromatic carbocycles. The number of anilines is 1. The number of fused-ring (bicyclic) bond motifs is 1. The number of benzene rings is 2. The zero-order valence-electron chi connectivity index (χ0n) is 19.9. The highest BCUT2D eigenvalue weighted by molar-refractivity contribution is 5.98. The van der Waals surface area contributed by atoms with Crippen LogP contribution in [0.3, 0.4) is 0 Å². The third-order valence-electron chi connectivity index (χ3n) is 7.04. The normalized spacial score (nSPS) is 19.2. The Morgan fingerprint density at radius 2 is 1.92 bits per heavy atom. The van der Waals surface area contributed by atoms with Crippen LogP contribution >= 0.6 is 0 Å². The number of hydrogen-bond donors (Lipinski definition) is 0. The molecule has 0 radical (unpaired) electrons. The molecule has 0 saturated carbocycles. The Labute approximate surface area is 210 Å². The Bertz CT molecular complexity index is 1450. The summed E-state index contributed by atoms with van der Waals surface area (Å²) in [4.78, 5) is 22.7. The molecule has 0 aliphatic carbocycles. The van der Waals surface area contributed by atoms with Crippen LogP contribution in [-0.2, 0) is 0 Å². The second-order valence-electron chi connectivity index (χ2n) is 9.38. The molecule has 2 aliphatic heterocycles. The molecule has 2 aromatic heterocycles. The Balaban J connectivity index is 1.26. The molecule has 37 heavy (non-hydrogen) atoms. The quantitative estimate of drug-likeness (QED) is 0.390. The summed E-state index contributed by atoms with van der Waals surface area (Å²) in [5.41, 5.74) is 1.69. The van der Waals surface area contributed by atoms with Crippen LogP contribution in [0.15, 0.2) is 59.3 Å². The highest BCUT2D eigenvalue weighted by Gasteiger charge is 2.46. The van der Waals surface area contributed by atoms with Crippen LogP contribution < -0.4 is 4.90 Å². The predicted octanol–water partition coefficient (Wildman–Crippen LogP) is 4.66. The third-order valence-corrected chi connectivity index (χ3v) is 7.04. The number of likely N-dealkylation sites (tertiary alicyclic amines) is 1. The molecular weight excluding hydrogens is 485 g/mol. The lowest BCUT2D eigenvalue weighted by molar-refractivity contribution is 0.0582. The van der Waals surface area contributed by atoms with E-state index in [1.165, 1.54) is 23.0 Å². The minimum atomic E-state index is -2.88. The van der Waals surface area contributed by atoms with Crippen LogP contribution in [0.5, 0.6) is 0 Å². The molecule has 2 atom stereocenters. The fourth-order valence-electron chi connectivity index (χ4n) is 5.13. The highest BCUT2D eigenvalue weighted by Crippen LogP contribution is 2.41. The molecule has 0 spiro atoms. The number of piperidine rings is 1. The van der Waals surface area contributed by atoms with Gasteiger partial charge in [-0.15, -0.1) is 0 Å². The van der Waals surface area contributed by atoms with Crippen LogP contribution in [0.1, 0.15) is 34.5 Å². The molecule has 11 heteroatoms. The number of nitrogens with zero attached hydrogens (tertiary/aromatic N) is 6. The van der Waals surface area contributed by atoms with Crippen molar-refractivity contribution in [1.82, 2.24) is 24.9 Å². The van der Waals surface area contributed by atoms with Crippen LogP contribution in [0.2, 0.25) is 0 Å². The fourth-order valence-corrected chi connectivity index (χ4v) is 5.13. The van der Waals surface area contributed by atoms with Gasteiger partial charge in [0, 0.05) is 31.1 Å². The summed E-state index contributed by atoms with van der Waals surface area (Å²) < 4.78 is 47.1. The Kier molecular flexibility index (Phi) is 5.69. The first-order valence-corrected chi connectivity index (χ1v) is 12.0. The molecule has 2 aliphatic rings. The van der Waals surface area contributed by atoms with E-state index in [2.05, 4.69) is 15.2 Å². The van der Waals surface area contributed by atoms with Crippen molar-refractivity contribution in [3.05, 3.63) is 77.5 Å². The van der Waals surface area contributed by atoms with Crippen molar-refractivity contribution in [2.24, 2.45) is 5.92 Å². The van der Waals surface area contributed by atoms with Crippen molar-refractivity contribution in [3.63, 3.8) is 0 Å². The number of alkyl halides is 2. The zero-order chi connectivity index (χ0) is 25.7. The molecule has 0 unspecified atom stereocenters. The van der Waals surface area contributed by atoms with Crippen molar-refractivity contribution >= 4 is 11.9 Å². The van der Waals surface area contributed by atoms with E-state index in [1.807, 2.05) is 30.0 Å². The lowest BCUT2D eigenvalue weighted by Gasteiger charge is -2.52. The Hall–Kier alpha value is -4.15. The minimum absolute atomic E-state index is 0.0575. The number of aromatic nitrogens is 4. The summed E-state index contributed by atoms with van der Waals surface area (Å²) in [6.45, 7) is 3.48. The second kappa shape index (κ2) is 9.06. The minimum Gasteiger partial charge on any atom is -0.423 e. The number of carbonyl (C=O) groups is 1. The van der Waals surface area contributed by atoms with E-state index in [0.29, 0.717) is 30.9 Å². The average Bonchev–Trinajstić information content (AvgIpc) is 3.55. The van der Waals surface area contributed by atoms with Gasteiger partial charge in [0.1, 0.15) is 5.82 Å². The van der Waals surface area contributed by atoms with E-state index in [4.69, 9.17) is 4.42 Å². The van der Waals surface area contributed by atoms with Gasteiger partial charge in [0.2, 0.25) is 0 Å². The maximum atomic E-state index is 13.8. The molecule has 6 rings (SSSR count). The number of aryl methyl sites for hydroxylation is 1. The first-order chi connectivity index (χ1) is 17.9. The molecular formula is C26H23F3N6O2. The Morgan fingerprint density at radius 3 is 2.68 bits per heavy atom. The maximum absolute atomic E-state index is 13.8. The summed E-state index contributed by atoms with van der Waals surface area (Å²) in [5.74, 6) is -0.564. The number of oxazole rings is 1. The van der Waals surface area contributed by atoms with Crippen molar-refractivity contribution < 1.29 is 22.4 Å². The fraction of sp³-hybridized carbons (Fsp3) is 0.308. The summed E-state index contributed by atoms with van der Waals surface area (Å²) in [6, 6.07) is 10.8. The first-order valence-electron chi connectivity index (χ1n) is 12.0. The van der Waals surface area contributed by atoms with Crippen molar-refractivity contribution in [3.8, 4) is 17.0 Å². The molecule has 0 bridgehead atoms. The SMILES string of the molecule is Cc1ccc(-n2nccn2)c(C(=O)N2CC[C@H]3CN(c4nc(C(F)F)c(-c5cccc(F)c5)o4)[C@H]3C2)c1. The van der Waals surface area contributed by atoms with E-state index < -0.39 is 17.9 Å². The molecule has 1 amide bonds. The van der Waals surface area contributed by atoms with Crippen LogP contribution in [-0.4, -0.2) is 56.5 Å². The molecule has 2 fully saturated rings. The van der Waals surface area contributed by atoms with Crippen molar-refractivity contribution in [1.29, 1.82) is 0 Å². The number of hydrogen-bond acceptors (Lipinski definition) is 6. The average molecular weight is 509 g/mol. The predicted molar refractivity (Wildman–Crippen MR) is 128 cm³/mol. The second-order valence-corrected chi connectivity index (χ2v) is 9.38. The van der Waals surface area contributed by atoms with Gasteiger partial charge in [-0.1, -0.05) is 23.8 Å². The molecule has 8 nitrogen and oxygen atoms in total. The number of amides is 1. The van der Waals surface area contributed by atoms with Gasteiger partial charge in [-0.2, -0.15) is 20.0 Å². The van der Waals surface area contributed by atoms with E-state index >= 15 is 0 Å². The van der Waals surface area contributed by atoms with E-state index in [1.54, 1.807) is 17.3 Å². The van der Waals surface area contributed by atoms with E-state index in [0.717, 1.165) is 18.1 Å². The van der Waals surface area contributed by atoms with Gasteiger partial charge in [0.15, 0.2) is 11.5 Å². The van der Waals surface area contributed by atoms with E-state index in [9.17, 15) is 18.0 Å². The van der Waals surface area contributed by atoms with Gasteiger partial charge in [-0.3, -0.25) is 4.79 Å². The van der Waals surface area contributed by atoms with Gasteiger partial charge < -0.3 is 14.2 Å². The molecule has 0 N–H and O–H groups in total. The zero-order valence-corrected chi connectivity index (χ0v) is 19.9. The number of halogens is 3. The molecule has 4 heterocycles. The lowest BCUT2D eigenvalue weighted by atomic mass is 9.82. The van der Waals surface area contributed by atoms with Crippen LogP contribution in [0.25, 0.3) is 17.0 Å². The third kappa shape index (κ3) is 4.13. The number of rotatable bonds is 5. The van der Waals surface area contributed by atoms with Crippen molar-refractivity contribution in [2.75, 3.05) is 24.5 Å². The summed E-state index contributed by atoms with van der Waals surface area (Å²) in [7, 11) is 0. The van der Waals surface area contributed by atoms with Gasteiger partial charge in [0.25, 0.3) is 18.3 Å². The molecule has 4 aromatic rings. The van der Waals surface area contributed by atoms with E-state index in [-0.39, 0.29) is 35.2 Å².